The van der Waals surface area contributed by atoms with Crippen LogP contribution in [0.1, 0.15) is 34.6 Å². The maximum Gasteiger partial charge on any atom is 0.279 e. The molecule has 1 saturated heterocycles. The summed E-state index contributed by atoms with van der Waals surface area (Å²) in [6.45, 7) is 4.04. The molecule has 1 amide bonds. The molecule has 3 aromatic rings. The van der Waals surface area contributed by atoms with Crippen molar-refractivity contribution >= 4 is 43.9 Å². The molecule has 2 N–H and O–H groups in total. The third-order valence-electron chi connectivity index (χ3n) is 4.57. The molecule has 2 aromatic heterocycles. The number of fused-ring (bicyclic) bond motifs is 1. The minimum atomic E-state index is -0.518. The molecule has 0 atom stereocenters. The van der Waals surface area contributed by atoms with Crippen LogP contribution in [0.4, 0.5) is 5.13 Å². The highest BCUT2D eigenvalue weighted by Gasteiger charge is 2.35. The molecule has 0 aliphatic carbocycles. The van der Waals surface area contributed by atoms with Crippen molar-refractivity contribution in [2.75, 3.05) is 18.0 Å². The van der Waals surface area contributed by atoms with E-state index in [1.807, 2.05) is 6.07 Å². The maximum atomic E-state index is 11.2. The molecule has 0 saturated carbocycles. The van der Waals surface area contributed by atoms with Crippen LogP contribution in [0, 0.1) is 0 Å². The summed E-state index contributed by atoms with van der Waals surface area (Å²) in [5.41, 5.74) is 6.42. The lowest BCUT2D eigenvalue weighted by atomic mass is 9.81. The lowest BCUT2D eigenvalue weighted by Crippen LogP contribution is -2.41. The Labute approximate surface area is 147 Å². The van der Waals surface area contributed by atoms with Crippen LogP contribution in [-0.2, 0) is 5.41 Å². The minimum Gasteiger partial charge on any atom is -0.363 e. The van der Waals surface area contributed by atoms with Crippen molar-refractivity contribution in [2.45, 2.75) is 25.2 Å². The van der Waals surface area contributed by atoms with Crippen molar-refractivity contribution in [1.82, 2.24) is 15.2 Å². The molecule has 124 valence electrons. The first kappa shape index (κ1) is 15.5. The Morgan fingerprint density at radius 2 is 1.96 bits per heavy atom. The number of hydrogen-bond acceptors (Lipinski definition) is 7. The van der Waals surface area contributed by atoms with Crippen LogP contribution in [0.2, 0.25) is 0 Å². The molecule has 0 bridgehead atoms. The van der Waals surface area contributed by atoms with Gasteiger partial charge in [-0.2, -0.15) is 0 Å². The third-order valence-corrected chi connectivity index (χ3v) is 6.91. The summed E-state index contributed by atoms with van der Waals surface area (Å²) >= 11 is 3.05. The van der Waals surface area contributed by atoms with Gasteiger partial charge in [0.2, 0.25) is 10.1 Å². The maximum absolute atomic E-state index is 11.2. The first-order valence-corrected chi connectivity index (χ1v) is 9.43. The van der Waals surface area contributed by atoms with E-state index < -0.39 is 5.91 Å². The zero-order valence-electron chi connectivity index (χ0n) is 13.2. The number of anilines is 1. The van der Waals surface area contributed by atoms with Crippen LogP contribution in [-0.4, -0.2) is 34.2 Å². The number of hydrogen-bond donors (Lipinski definition) is 1. The summed E-state index contributed by atoms with van der Waals surface area (Å²) in [5.74, 6) is -0.518. The second kappa shape index (κ2) is 5.78. The summed E-state index contributed by atoms with van der Waals surface area (Å²) < 4.78 is 1.24. The Hall–Kier alpha value is -2.06. The Bertz CT molecular complexity index is 862. The standard InChI is InChI=1S/C16H17N5OS2/c1-16(14-18-10-4-2-3-5-11(10)23-14)6-8-21(9-7-16)15-20-19-13(24-15)12(17)22/h2-5H,6-9H2,1H3,(H2,17,22). The number of thiazole rings is 1. The molecule has 4 rings (SSSR count). The average Bonchev–Trinajstić information content (AvgIpc) is 3.23. The highest BCUT2D eigenvalue weighted by atomic mass is 32.1. The monoisotopic (exact) mass is 359 g/mol. The fourth-order valence-electron chi connectivity index (χ4n) is 2.98. The van der Waals surface area contributed by atoms with Gasteiger partial charge < -0.3 is 10.6 Å². The van der Waals surface area contributed by atoms with Gasteiger partial charge in [0.05, 0.1) is 15.2 Å². The van der Waals surface area contributed by atoms with Crippen LogP contribution in [0.5, 0.6) is 0 Å². The fraction of sp³-hybridized carbons (Fsp3) is 0.375. The normalized spacial score (nSPS) is 17.3. The van der Waals surface area contributed by atoms with E-state index >= 15 is 0 Å². The zero-order valence-corrected chi connectivity index (χ0v) is 14.9. The molecule has 0 spiro atoms. The summed E-state index contributed by atoms with van der Waals surface area (Å²) in [6, 6.07) is 8.28. The summed E-state index contributed by atoms with van der Waals surface area (Å²) in [5, 5.41) is 10.2. The summed E-state index contributed by atoms with van der Waals surface area (Å²) in [6.07, 6.45) is 2.00. The van der Waals surface area contributed by atoms with Gasteiger partial charge in [0.1, 0.15) is 0 Å². The number of carbonyl (C=O) groups is 1. The predicted octanol–water partition coefficient (Wildman–Crippen LogP) is 2.80. The molecule has 1 fully saturated rings. The summed E-state index contributed by atoms with van der Waals surface area (Å²) in [7, 11) is 0. The third kappa shape index (κ3) is 2.65. The Kier molecular flexibility index (Phi) is 3.73. The number of aromatic nitrogens is 3. The number of amides is 1. The quantitative estimate of drug-likeness (QED) is 0.777. The highest BCUT2D eigenvalue weighted by Crippen LogP contribution is 2.40. The molecule has 1 aliphatic rings. The molecule has 6 nitrogen and oxygen atoms in total. The molecule has 0 unspecified atom stereocenters. The molecule has 0 radical (unpaired) electrons. The van der Waals surface area contributed by atoms with Gasteiger partial charge in [-0.15, -0.1) is 21.5 Å². The van der Waals surface area contributed by atoms with Gasteiger partial charge in [0.15, 0.2) is 0 Å². The van der Waals surface area contributed by atoms with E-state index in [2.05, 4.69) is 40.2 Å². The topological polar surface area (TPSA) is 85.0 Å². The van der Waals surface area contributed by atoms with E-state index in [1.54, 1.807) is 11.3 Å². The van der Waals surface area contributed by atoms with Gasteiger partial charge >= 0.3 is 0 Å². The number of carbonyl (C=O) groups excluding carboxylic acids is 1. The number of primary amides is 1. The van der Waals surface area contributed by atoms with Crippen molar-refractivity contribution in [3.05, 3.63) is 34.3 Å². The Morgan fingerprint density at radius 1 is 1.21 bits per heavy atom. The fourth-order valence-corrected chi connectivity index (χ4v) is 4.89. The molecular weight excluding hydrogens is 342 g/mol. The number of benzene rings is 1. The van der Waals surface area contributed by atoms with E-state index in [1.165, 1.54) is 21.0 Å². The van der Waals surface area contributed by atoms with Gasteiger partial charge in [0.25, 0.3) is 5.91 Å². The van der Waals surface area contributed by atoms with Gasteiger partial charge in [-0.05, 0) is 25.0 Å². The van der Waals surface area contributed by atoms with Gasteiger partial charge in [0, 0.05) is 18.5 Å². The molecule has 8 heteroatoms. The van der Waals surface area contributed by atoms with Gasteiger partial charge in [-0.3, -0.25) is 4.79 Å². The molecular formula is C16H17N5OS2. The summed E-state index contributed by atoms with van der Waals surface area (Å²) in [4.78, 5) is 18.2. The largest absolute Gasteiger partial charge is 0.363 e. The van der Waals surface area contributed by atoms with Crippen LogP contribution < -0.4 is 10.6 Å². The van der Waals surface area contributed by atoms with Crippen molar-refractivity contribution in [2.24, 2.45) is 5.73 Å². The number of nitrogens with two attached hydrogens (primary N) is 1. The first-order chi connectivity index (χ1) is 11.5. The Morgan fingerprint density at radius 3 is 2.62 bits per heavy atom. The van der Waals surface area contributed by atoms with Crippen molar-refractivity contribution in [3.63, 3.8) is 0 Å². The average molecular weight is 359 g/mol. The van der Waals surface area contributed by atoms with E-state index in [9.17, 15) is 4.79 Å². The smallest absolute Gasteiger partial charge is 0.279 e. The number of para-hydroxylation sites is 1. The van der Waals surface area contributed by atoms with Crippen LogP contribution in [0.3, 0.4) is 0 Å². The van der Waals surface area contributed by atoms with Crippen molar-refractivity contribution in [1.29, 1.82) is 0 Å². The lowest BCUT2D eigenvalue weighted by Gasteiger charge is -2.37. The van der Waals surface area contributed by atoms with Crippen LogP contribution in [0.15, 0.2) is 24.3 Å². The molecule has 24 heavy (non-hydrogen) atoms. The van der Waals surface area contributed by atoms with Crippen LogP contribution in [0.25, 0.3) is 10.2 Å². The number of piperidine rings is 1. The lowest BCUT2D eigenvalue weighted by molar-refractivity contribution is 0.0999. The second-order valence-corrected chi connectivity index (χ2v) is 8.28. The highest BCUT2D eigenvalue weighted by molar-refractivity contribution is 7.18. The second-order valence-electron chi connectivity index (χ2n) is 6.29. The zero-order chi connectivity index (χ0) is 16.7. The SMILES string of the molecule is CC1(c2nc3ccccc3s2)CCN(c2nnc(C(N)=O)s2)CC1. The van der Waals surface area contributed by atoms with E-state index in [0.717, 1.165) is 36.6 Å². The minimum absolute atomic E-state index is 0.0807. The first-order valence-electron chi connectivity index (χ1n) is 7.79. The number of rotatable bonds is 3. The van der Waals surface area contributed by atoms with Crippen molar-refractivity contribution < 1.29 is 4.79 Å². The van der Waals surface area contributed by atoms with Crippen LogP contribution >= 0.6 is 22.7 Å². The van der Waals surface area contributed by atoms with Gasteiger partial charge in [-0.25, -0.2) is 4.98 Å². The van der Waals surface area contributed by atoms with E-state index in [-0.39, 0.29) is 10.4 Å². The molecule has 1 aliphatic heterocycles. The van der Waals surface area contributed by atoms with Gasteiger partial charge in [-0.1, -0.05) is 30.4 Å². The van der Waals surface area contributed by atoms with Crippen molar-refractivity contribution in [3.8, 4) is 0 Å². The molecule has 1 aromatic carbocycles. The Balaban J connectivity index is 1.52. The van der Waals surface area contributed by atoms with E-state index in [0.29, 0.717) is 0 Å². The van der Waals surface area contributed by atoms with E-state index in [4.69, 9.17) is 10.7 Å². The predicted molar refractivity (Wildman–Crippen MR) is 96.8 cm³/mol. The number of nitrogens with zero attached hydrogens (tertiary/aromatic N) is 4. The molecule has 3 heterocycles.